The number of ether oxygens (including phenoxy) is 2. The van der Waals surface area contributed by atoms with E-state index in [-0.39, 0.29) is 24.0 Å². The van der Waals surface area contributed by atoms with E-state index in [9.17, 15) is 0 Å². The molecule has 0 atom stereocenters. The molecule has 9 heteroatoms. The number of hydrogen-bond donors (Lipinski definition) is 2. The predicted molar refractivity (Wildman–Crippen MR) is 124 cm³/mol. The van der Waals surface area contributed by atoms with Crippen LogP contribution in [0.25, 0.3) is 0 Å². The number of aryl methyl sites for hydroxylation is 2. The Kier molecular flexibility index (Phi) is 9.65. The van der Waals surface area contributed by atoms with Crippen LogP contribution in [0.15, 0.2) is 23.2 Å². The summed E-state index contributed by atoms with van der Waals surface area (Å²) in [5, 5.41) is 15.2. The van der Waals surface area contributed by atoms with E-state index in [0.717, 1.165) is 60.4 Å². The van der Waals surface area contributed by atoms with Gasteiger partial charge in [-0.25, -0.2) is 4.99 Å². The minimum absolute atomic E-state index is 0. The fourth-order valence-electron chi connectivity index (χ4n) is 3.17. The predicted octanol–water partition coefficient (Wildman–Crippen LogP) is 2.43. The Hall–Kier alpha value is -1.88. The first-order valence-corrected chi connectivity index (χ1v) is 9.85. The Morgan fingerprint density at radius 1 is 1.24 bits per heavy atom. The Morgan fingerprint density at radius 2 is 2.10 bits per heavy atom. The summed E-state index contributed by atoms with van der Waals surface area (Å²) in [4.78, 5) is 4.72. The van der Waals surface area contributed by atoms with Gasteiger partial charge in [-0.2, -0.15) is 0 Å². The number of halogens is 1. The first-order valence-electron chi connectivity index (χ1n) is 9.85. The summed E-state index contributed by atoms with van der Waals surface area (Å²) in [7, 11) is 1.67. The van der Waals surface area contributed by atoms with Gasteiger partial charge in [0.1, 0.15) is 18.2 Å². The summed E-state index contributed by atoms with van der Waals surface area (Å²) in [6.45, 7) is 8.10. The third-order valence-electron chi connectivity index (χ3n) is 4.62. The highest BCUT2D eigenvalue weighted by Crippen LogP contribution is 2.21. The highest BCUT2D eigenvalue weighted by molar-refractivity contribution is 14.0. The molecule has 0 spiro atoms. The molecule has 2 heterocycles. The van der Waals surface area contributed by atoms with Crippen molar-refractivity contribution in [3.05, 3.63) is 41.0 Å². The molecule has 1 aromatic heterocycles. The maximum absolute atomic E-state index is 5.86. The number of hydrogen-bond acceptors (Lipinski definition) is 5. The summed E-state index contributed by atoms with van der Waals surface area (Å²) < 4.78 is 13.1. The molecule has 3 rings (SSSR count). The maximum Gasteiger partial charge on any atom is 0.191 e. The Bertz CT molecular complexity index is 808. The molecule has 0 bridgehead atoms. The van der Waals surface area contributed by atoms with Crippen LogP contribution < -0.4 is 15.4 Å². The van der Waals surface area contributed by atoms with Gasteiger partial charge in [-0.05, 0) is 31.9 Å². The molecule has 2 N–H and O–H groups in total. The van der Waals surface area contributed by atoms with Crippen LogP contribution in [-0.2, 0) is 30.8 Å². The standard InChI is InChI=1S/C20H30N6O2.HI/c1-4-21-20(23-14-19-25-24-18-6-5-9-26(18)19)22-13-16-8-7-15(2)12-17(16)28-11-10-27-3;/h7-8,12H,4-6,9-11,13-14H2,1-3H3,(H2,21,22,23);1H. The summed E-state index contributed by atoms with van der Waals surface area (Å²) in [5.41, 5.74) is 2.20. The number of methoxy groups -OCH3 is 1. The molecule has 1 aliphatic heterocycles. The second-order valence-corrected chi connectivity index (χ2v) is 6.79. The monoisotopic (exact) mass is 514 g/mol. The topological polar surface area (TPSA) is 85.6 Å². The van der Waals surface area contributed by atoms with Crippen LogP contribution in [-0.4, -0.2) is 47.6 Å². The smallest absolute Gasteiger partial charge is 0.191 e. The van der Waals surface area contributed by atoms with Crippen molar-refractivity contribution in [1.29, 1.82) is 0 Å². The van der Waals surface area contributed by atoms with Crippen molar-refractivity contribution in [2.45, 2.75) is 46.3 Å². The zero-order chi connectivity index (χ0) is 19.8. The molecule has 0 radical (unpaired) electrons. The van der Waals surface area contributed by atoms with E-state index in [1.807, 2.05) is 6.07 Å². The number of nitrogens with one attached hydrogen (secondary N) is 2. The lowest BCUT2D eigenvalue weighted by atomic mass is 10.1. The van der Waals surface area contributed by atoms with Crippen molar-refractivity contribution in [2.24, 2.45) is 4.99 Å². The number of guanidine groups is 1. The van der Waals surface area contributed by atoms with Crippen LogP contribution in [0.3, 0.4) is 0 Å². The third-order valence-corrected chi connectivity index (χ3v) is 4.62. The largest absolute Gasteiger partial charge is 0.491 e. The van der Waals surface area contributed by atoms with E-state index < -0.39 is 0 Å². The van der Waals surface area contributed by atoms with Gasteiger partial charge in [-0.3, -0.25) is 0 Å². The number of nitrogens with zero attached hydrogens (tertiary/aromatic N) is 4. The summed E-state index contributed by atoms with van der Waals surface area (Å²) in [5.74, 6) is 3.64. The number of rotatable bonds is 9. The van der Waals surface area contributed by atoms with Crippen molar-refractivity contribution in [3.63, 3.8) is 0 Å². The van der Waals surface area contributed by atoms with Gasteiger partial charge in [0.05, 0.1) is 19.7 Å². The van der Waals surface area contributed by atoms with E-state index in [0.29, 0.717) is 26.3 Å². The molecule has 0 saturated heterocycles. The Labute approximate surface area is 189 Å². The van der Waals surface area contributed by atoms with Gasteiger partial charge in [0.15, 0.2) is 11.8 Å². The Balaban J connectivity index is 0.00000300. The molecule has 29 heavy (non-hydrogen) atoms. The minimum atomic E-state index is 0. The normalized spacial score (nSPS) is 13.0. The van der Waals surface area contributed by atoms with E-state index in [4.69, 9.17) is 14.5 Å². The first kappa shape index (κ1) is 23.4. The van der Waals surface area contributed by atoms with Crippen LogP contribution in [0.1, 0.15) is 36.1 Å². The maximum atomic E-state index is 5.86. The molecule has 0 unspecified atom stereocenters. The molecule has 1 aromatic carbocycles. The molecule has 0 amide bonds. The van der Waals surface area contributed by atoms with Gasteiger partial charge in [-0.15, -0.1) is 34.2 Å². The quantitative estimate of drug-likeness (QED) is 0.232. The van der Waals surface area contributed by atoms with Crippen LogP contribution in [0, 0.1) is 6.92 Å². The molecule has 8 nitrogen and oxygen atoms in total. The highest BCUT2D eigenvalue weighted by atomic mass is 127. The molecular weight excluding hydrogens is 483 g/mol. The zero-order valence-electron chi connectivity index (χ0n) is 17.4. The third kappa shape index (κ3) is 6.56. The molecule has 1 aliphatic rings. The SMILES string of the molecule is CCNC(=NCc1ccc(C)cc1OCCOC)NCc1nnc2n1CCC2.I. The lowest BCUT2D eigenvalue weighted by molar-refractivity contribution is 0.145. The first-order chi connectivity index (χ1) is 13.7. The van der Waals surface area contributed by atoms with E-state index in [2.05, 4.69) is 51.4 Å². The fraction of sp³-hybridized carbons (Fsp3) is 0.550. The second kappa shape index (κ2) is 12.0. The number of benzene rings is 1. The fourth-order valence-corrected chi connectivity index (χ4v) is 3.17. The lowest BCUT2D eigenvalue weighted by Gasteiger charge is -2.13. The van der Waals surface area contributed by atoms with E-state index >= 15 is 0 Å². The average Bonchev–Trinajstić information content (AvgIpc) is 3.29. The van der Waals surface area contributed by atoms with E-state index in [1.165, 1.54) is 0 Å². The van der Waals surface area contributed by atoms with Gasteiger partial charge in [0.25, 0.3) is 0 Å². The number of aromatic nitrogens is 3. The van der Waals surface area contributed by atoms with E-state index in [1.54, 1.807) is 7.11 Å². The zero-order valence-corrected chi connectivity index (χ0v) is 19.7. The highest BCUT2D eigenvalue weighted by Gasteiger charge is 2.17. The summed E-state index contributed by atoms with van der Waals surface area (Å²) in [6, 6.07) is 6.18. The summed E-state index contributed by atoms with van der Waals surface area (Å²) >= 11 is 0. The number of aliphatic imine (C=N–C) groups is 1. The van der Waals surface area contributed by atoms with Crippen LogP contribution >= 0.6 is 24.0 Å². The number of fused-ring (bicyclic) bond motifs is 1. The van der Waals surface area contributed by atoms with Crippen molar-refractivity contribution < 1.29 is 9.47 Å². The molecular formula is C20H31IN6O2. The molecule has 0 aliphatic carbocycles. The Morgan fingerprint density at radius 3 is 2.90 bits per heavy atom. The summed E-state index contributed by atoms with van der Waals surface area (Å²) in [6.07, 6.45) is 2.16. The molecule has 160 valence electrons. The van der Waals surface area contributed by atoms with Gasteiger partial charge in [0.2, 0.25) is 0 Å². The van der Waals surface area contributed by atoms with Gasteiger partial charge in [0, 0.05) is 32.2 Å². The molecule has 0 fully saturated rings. The van der Waals surface area contributed by atoms with Crippen LogP contribution in [0.5, 0.6) is 5.75 Å². The molecule has 0 saturated carbocycles. The van der Waals surface area contributed by atoms with Crippen molar-refractivity contribution >= 4 is 29.9 Å². The van der Waals surface area contributed by atoms with Crippen molar-refractivity contribution in [1.82, 2.24) is 25.4 Å². The lowest BCUT2D eigenvalue weighted by Crippen LogP contribution is -2.37. The second-order valence-electron chi connectivity index (χ2n) is 6.79. The van der Waals surface area contributed by atoms with Crippen LogP contribution in [0.4, 0.5) is 0 Å². The van der Waals surface area contributed by atoms with Gasteiger partial charge < -0.3 is 24.7 Å². The molecule has 2 aromatic rings. The van der Waals surface area contributed by atoms with Gasteiger partial charge in [-0.1, -0.05) is 12.1 Å². The van der Waals surface area contributed by atoms with Crippen molar-refractivity contribution in [3.8, 4) is 5.75 Å². The van der Waals surface area contributed by atoms with Gasteiger partial charge >= 0.3 is 0 Å². The van der Waals surface area contributed by atoms with Crippen molar-refractivity contribution in [2.75, 3.05) is 26.9 Å². The van der Waals surface area contributed by atoms with Crippen LogP contribution in [0.2, 0.25) is 0 Å². The average molecular weight is 514 g/mol. The minimum Gasteiger partial charge on any atom is -0.491 e.